The monoisotopic (exact) mass is 220 g/mol. The highest BCUT2D eigenvalue weighted by Crippen LogP contribution is 2.23. The molecule has 1 aromatic heterocycles. The molecule has 2 aromatic rings. The summed E-state index contributed by atoms with van der Waals surface area (Å²) in [6.45, 7) is 1.90. The Hall–Kier alpha value is -2.04. The first kappa shape index (κ1) is 10.5. The van der Waals surface area contributed by atoms with Crippen molar-refractivity contribution in [3.63, 3.8) is 0 Å². The van der Waals surface area contributed by atoms with Crippen LogP contribution < -0.4 is 11.1 Å². The topological polar surface area (TPSA) is 55.9 Å². The zero-order valence-electron chi connectivity index (χ0n) is 9.16. The van der Waals surface area contributed by atoms with E-state index in [9.17, 15) is 4.39 Å². The van der Waals surface area contributed by atoms with Crippen LogP contribution in [-0.2, 0) is 7.05 Å². The highest BCUT2D eigenvalue weighted by molar-refractivity contribution is 5.68. The number of halogens is 1. The Kier molecular flexibility index (Phi) is 2.52. The van der Waals surface area contributed by atoms with Gasteiger partial charge in [-0.05, 0) is 24.6 Å². The van der Waals surface area contributed by atoms with Gasteiger partial charge in [0, 0.05) is 13.2 Å². The zero-order valence-corrected chi connectivity index (χ0v) is 9.16. The molecule has 0 bridgehead atoms. The normalized spacial score (nSPS) is 10.4. The summed E-state index contributed by atoms with van der Waals surface area (Å²) < 4.78 is 15.0. The first-order valence-corrected chi connectivity index (χ1v) is 4.88. The minimum atomic E-state index is -0.323. The minimum absolute atomic E-state index is 0.323. The molecule has 0 aliphatic rings. The molecule has 0 saturated heterocycles. The second-order valence-electron chi connectivity index (χ2n) is 3.72. The van der Waals surface area contributed by atoms with E-state index in [1.807, 2.05) is 6.92 Å². The zero-order chi connectivity index (χ0) is 11.7. The predicted octanol–water partition coefficient (Wildman–Crippen LogP) is 2.19. The number of nitrogen functional groups attached to an aromatic ring is 1. The molecular weight excluding hydrogens is 207 g/mol. The van der Waals surface area contributed by atoms with Gasteiger partial charge in [-0.1, -0.05) is 6.07 Å². The van der Waals surface area contributed by atoms with Gasteiger partial charge in [-0.15, -0.1) is 0 Å². The summed E-state index contributed by atoms with van der Waals surface area (Å²) in [7, 11) is 1.76. The second-order valence-corrected chi connectivity index (χ2v) is 3.72. The second kappa shape index (κ2) is 3.84. The summed E-state index contributed by atoms with van der Waals surface area (Å²) in [5.74, 6) is 0.141. The third-order valence-corrected chi connectivity index (χ3v) is 2.23. The van der Waals surface area contributed by atoms with Gasteiger partial charge in [-0.3, -0.25) is 4.68 Å². The summed E-state index contributed by atoms with van der Waals surface area (Å²) in [5, 5.41) is 6.96. The van der Waals surface area contributed by atoms with Gasteiger partial charge in [0.2, 0.25) is 0 Å². The van der Waals surface area contributed by atoms with Crippen molar-refractivity contribution in [3.8, 4) is 0 Å². The van der Waals surface area contributed by atoms with Crippen LogP contribution in [0, 0.1) is 12.7 Å². The Morgan fingerprint density at radius 1 is 1.44 bits per heavy atom. The molecule has 3 N–H and O–H groups in total. The van der Waals surface area contributed by atoms with Crippen LogP contribution in [0.4, 0.5) is 21.6 Å². The summed E-state index contributed by atoms with van der Waals surface area (Å²) in [4.78, 5) is 0. The molecule has 0 unspecified atom stereocenters. The molecule has 0 spiro atoms. The Balaban J connectivity index is 2.33. The number of anilines is 3. The summed E-state index contributed by atoms with van der Waals surface area (Å²) in [5.41, 5.74) is 7.55. The van der Waals surface area contributed by atoms with E-state index in [2.05, 4.69) is 10.4 Å². The maximum atomic E-state index is 13.5. The fourth-order valence-corrected chi connectivity index (χ4v) is 1.47. The lowest BCUT2D eigenvalue weighted by Gasteiger charge is -2.06. The molecule has 4 nitrogen and oxygen atoms in total. The molecule has 0 aliphatic heterocycles. The quantitative estimate of drug-likeness (QED) is 0.815. The number of benzene rings is 1. The third-order valence-electron chi connectivity index (χ3n) is 2.23. The van der Waals surface area contributed by atoms with Crippen LogP contribution in [0.15, 0.2) is 24.4 Å². The number of aryl methyl sites for hydroxylation is 2. The molecule has 0 atom stereocenters. The van der Waals surface area contributed by atoms with Crippen molar-refractivity contribution in [1.29, 1.82) is 0 Å². The van der Waals surface area contributed by atoms with Gasteiger partial charge in [0.15, 0.2) is 5.82 Å². The maximum absolute atomic E-state index is 13.5. The first-order chi connectivity index (χ1) is 7.56. The van der Waals surface area contributed by atoms with Crippen molar-refractivity contribution < 1.29 is 4.39 Å². The molecular formula is C11H13FN4. The van der Waals surface area contributed by atoms with Gasteiger partial charge >= 0.3 is 0 Å². The third kappa shape index (κ3) is 1.98. The molecule has 1 heterocycles. The Bertz CT molecular complexity index is 519. The van der Waals surface area contributed by atoms with E-state index in [4.69, 9.17) is 5.73 Å². The van der Waals surface area contributed by atoms with Gasteiger partial charge in [-0.25, -0.2) is 4.39 Å². The lowest BCUT2D eigenvalue weighted by molar-refractivity contribution is 0.631. The van der Waals surface area contributed by atoms with Gasteiger partial charge in [0.25, 0.3) is 0 Å². The first-order valence-electron chi connectivity index (χ1n) is 4.88. The highest BCUT2D eigenvalue weighted by Gasteiger charge is 2.07. The lowest BCUT2D eigenvalue weighted by Crippen LogP contribution is -1.98. The van der Waals surface area contributed by atoms with Crippen molar-refractivity contribution in [2.24, 2.45) is 7.05 Å². The molecule has 0 fully saturated rings. The van der Waals surface area contributed by atoms with E-state index in [-0.39, 0.29) is 5.82 Å². The molecule has 2 rings (SSSR count). The number of nitrogens with two attached hydrogens (primary N) is 1. The Morgan fingerprint density at radius 3 is 2.81 bits per heavy atom. The minimum Gasteiger partial charge on any atom is -0.394 e. The number of nitrogens with zero attached hydrogens (tertiary/aromatic N) is 2. The lowest BCUT2D eigenvalue weighted by atomic mass is 10.2. The van der Waals surface area contributed by atoms with Crippen molar-refractivity contribution in [2.75, 3.05) is 11.1 Å². The summed E-state index contributed by atoms with van der Waals surface area (Å²) in [6.07, 6.45) is 1.66. The van der Waals surface area contributed by atoms with Crippen LogP contribution in [0.5, 0.6) is 0 Å². The van der Waals surface area contributed by atoms with E-state index in [1.165, 1.54) is 6.07 Å². The molecule has 0 radical (unpaired) electrons. The van der Waals surface area contributed by atoms with E-state index in [0.717, 1.165) is 5.56 Å². The Morgan fingerprint density at radius 2 is 2.19 bits per heavy atom. The average Bonchev–Trinajstić information content (AvgIpc) is 2.51. The average molecular weight is 220 g/mol. The SMILES string of the molecule is Cc1ccc(F)c(Nc2nn(C)cc2N)c1. The van der Waals surface area contributed by atoms with E-state index < -0.39 is 0 Å². The molecule has 84 valence electrons. The molecule has 1 aromatic carbocycles. The van der Waals surface area contributed by atoms with Crippen molar-refractivity contribution in [1.82, 2.24) is 9.78 Å². The standard InChI is InChI=1S/C11H13FN4/c1-7-3-4-8(12)10(5-7)14-11-9(13)6-16(2)15-11/h3-6H,13H2,1-2H3,(H,14,15). The van der Waals surface area contributed by atoms with Gasteiger partial charge < -0.3 is 11.1 Å². The van der Waals surface area contributed by atoms with Crippen LogP contribution in [0.1, 0.15) is 5.56 Å². The fourth-order valence-electron chi connectivity index (χ4n) is 1.47. The maximum Gasteiger partial charge on any atom is 0.175 e. The smallest absolute Gasteiger partial charge is 0.175 e. The number of hydrogen-bond acceptors (Lipinski definition) is 3. The predicted molar refractivity (Wildman–Crippen MR) is 62.0 cm³/mol. The van der Waals surface area contributed by atoms with Crippen LogP contribution >= 0.6 is 0 Å². The molecule has 5 heteroatoms. The Labute approximate surface area is 92.9 Å². The van der Waals surface area contributed by atoms with E-state index in [0.29, 0.717) is 17.2 Å². The van der Waals surface area contributed by atoms with Crippen LogP contribution in [0.25, 0.3) is 0 Å². The largest absolute Gasteiger partial charge is 0.394 e. The van der Waals surface area contributed by atoms with E-state index in [1.54, 1.807) is 30.1 Å². The van der Waals surface area contributed by atoms with Crippen molar-refractivity contribution >= 4 is 17.2 Å². The van der Waals surface area contributed by atoms with Gasteiger partial charge in [0.1, 0.15) is 5.82 Å². The number of nitrogens with one attached hydrogen (secondary N) is 1. The number of aromatic nitrogens is 2. The highest BCUT2D eigenvalue weighted by atomic mass is 19.1. The van der Waals surface area contributed by atoms with Gasteiger partial charge in [-0.2, -0.15) is 5.10 Å². The van der Waals surface area contributed by atoms with Gasteiger partial charge in [0.05, 0.1) is 11.4 Å². The van der Waals surface area contributed by atoms with Crippen LogP contribution in [-0.4, -0.2) is 9.78 Å². The summed E-state index contributed by atoms with van der Waals surface area (Å²) >= 11 is 0. The van der Waals surface area contributed by atoms with Crippen molar-refractivity contribution in [3.05, 3.63) is 35.8 Å². The molecule has 0 aliphatic carbocycles. The fraction of sp³-hybridized carbons (Fsp3) is 0.182. The van der Waals surface area contributed by atoms with E-state index >= 15 is 0 Å². The van der Waals surface area contributed by atoms with Crippen molar-refractivity contribution in [2.45, 2.75) is 6.92 Å². The molecule has 16 heavy (non-hydrogen) atoms. The molecule has 0 saturated carbocycles. The van der Waals surface area contributed by atoms with Crippen LogP contribution in [0.3, 0.4) is 0 Å². The number of rotatable bonds is 2. The molecule has 0 amide bonds. The number of hydrogen-bond donors (Lipinski definition) is 2. The van der Waals surface area contributed by atoms with Crippen LogP contribution in [0.2, 0.25) is 0 Å². The summed E-state index contributed by atoms with van der Waals surface area (Å²) in [6, 6.07) is 4.84.